The van der Waals surface area contributed by atoms with Gasteiger partial charge in [-0.15, -0.1) is 0 Å². The Balaban J connectivity index is 2.01. The molecular formula is C36H6F11N7. The highest BCUT2D eigenvalue weighted by Crippen LogP contribution is 2.57. The molecule has 0 saturated carbocycles. The molecule has 54 heavy (non-hydrogen) atoms. The Morgan fingerprint density at radius 1 is 0.444 bits per heavy atom. The Hall–Kier alpha value is -7.72. The standard InChI is InChI=1S/C36H6F11N7/c37-32-28-19(12-53)24(14-1-3-21(34(39,40)41)16(5-14)7-48)26(17(8-49)9-50)30(28)33(38)31-27(18(10-51)11-52)25(20(13-54)29(31)32)15-2-4-22(35(42,43)44)23(6-15)36(45,46)47/h1-6H. The van der Waals surface area contributed by atoms with E-state index in [1.165, 1.54) is 42.5 Å². The van der Waals surface area contributed by atoms with Crippen molar-refractivity contribution in [1.82, 2.24) is 0 Å². The summed E-state index contributed by atoms with van der Waals surface area (Å²) in [5, 5.41) is 69.2. The van der Waals surface area contributed by atoms with E-state index in [0.717, 1.165) is 0 Å². The molecule has 18 heteroatoms. The summed E-state index contributed by atoms with van der Waals surface area (Å²) in [6, 6.07) is 11.3. The average molecular weight is 745 g/mol. The molecule has 5 rings (SSSR count). The van der Waals surface area contributed by atoms with Crippen LogP contribution in [-0.2, 0) is 18.5 Å². The second-order valence-corrected chi connectivity index (χ2v) is 10.9. The minimum atomic E-state index is -5.72. The van der Waals surface area contributed by atoms with Gasteiger partial charge in [-0.25, -0.2) is 8.78 Å². The van der Waals surface area contributed by atoms with Crippen molar-refractivity contribution >= 4 is 33.4 Å². The molecule has 2 aliphatic rings. The van der Waals surface area contributed by atoms with E-state index in [2.05, 4.69) is 0 Å². The molecule has 0 radical (unpaired) electrons. The molecule has 0 aliphatic heterocycles. The van der Waals surface area contributed by atoms with Gasteiger partial charge in [0.25, 0.3) is 0 Å². The van der Waals surface area contributed by atoms with Gasteiger partial charge in [-0.2, -0.15) is 76.3 Å². The van der Waals surface area contributed by atoms with Gasteiger partial charge in [0, 0.05) is 44.5 Å². The van der Waals surface area contributed by atoms with Gasteiger partial charge in [0.15, 0.2) is 0 Å². The van der Waals surface area contributed by atoms with Crippen molar-refractivity contribution in [3.8, 4) is 42.5 Å². The Labute approximate surface area is 294 Å². The molecule has 0 fully saturated rings. The number of hydrogen-bond acceptors (Lipinski definition) is 7. The largest absolute Gasteiger partial charge is 0.417 e. The molecule has 2 aliphatic carbocycles. The number of rotatable bonds is 2. The molecule has 3 aromatic carbocycles. The lowest BCUT2D eigenvalue weighted by Crippen LogP contribution is -2.16. The Morgan fingerprint density at radius 2 is 0.815 bits per heavy atom. The summed E-state index contributed by atoms with van der Waals surface area (Å²) in [6.45, 7) is 0. The fraction of sp³-hybridized carbons (Fsp3) is 0.0833. The van der Waals surface area contributed by atoms with Gasteiger partial charge in [0.05, 0.1) is 39.5 Å². The maximum Gasteiger partial charge on any atom is 0.417 e. The number of hydrogen-bond donors (Lipinski definition) is 0. The number of halogens is 11. The van der Waals surface area contributed by atoms with Crippen LogP contribution in [0.3, 0.4) is 0 Å². The first-order valence-corrected chi connectivity index (χ1v) is 14.1. The summed E-state index contributed by atoms with van der Waals surface area (Å²) in [6.07, 6.45) is -16.4. The predicted molar refractivity (Wildman–Crippen MR) is 160 cm³/mol. The van der Waals surface area contributed by atoms with E-state index >= 15 is 8.78 Å². The highest BCUT2D eigenvalue weighted by molar-refractivity contribution is 6.30. The maximum absolute atomic E-state index is 17.2. The first-order valence-electron chi connectivity index (χ1n) is 14.1. The molecule has 0 unspecified atom stereocenters. The molecule has 262 valence electrons. The highest BCUT2D eigenvalue weighted by atomic mass is 19.4. The van der Waals surface area contributed by atoms with Crippen molar-refractivity contribution < 1.29 is 48.3 Å². The number of allylic oxidation sites excluding steroid dienone is 8. The summed E-state index contributed by atoms with van der Waals surface area (Å²) >= 11 is 0. The number of benzene rings is 3. The summed E-state index contributed by atoms with van der Waals surface area (Å²) < 4.78 is 158. The van der Waals surface area contributed by atoms with E-state index in [1.807, 2.05) is 0 Å². The molecule has 0 amide bonds. The second kappa shape index (κ2) is 12.8. The SMILES string of the molecule is N#CC(C#N)=C1C(c2ccc(C(F)(F)F)c(C#N)c2)=C(C#N)c2c(F)c3c(c(F)c21)C(=C(C#N)C#N)C(c1ccc(C(F)(F)F)c(C(F)(F)F)c1)=C3C#N. The monoisotopic (exact) mass is 745 g/mol. The topological polar surface area (TPSA) is 167 Å². The van der Waals surface area contributed by atoms with Crippen molar-refractivity contribution in [3.63, 3.8) is 0 Å². The van der Waals surface area contributed by atoms with E-state index in [-0.39, 0.29) is 12.1 Å². The molecule has 0 N–H and O–H groups in total. The van der Waals surface area contributed by atoms with E-state index in [1.54, 1.807) is 0 Å². The summed E-state index contributed by atoms with van der Waals surface area (Å²) in [5.74, 6) is -3.59. The van der Waals surface area contributed by atoms with Crippen LogP contribution in [0.5, 0.6) is 0 Å². The van der Waals surface area contributed by atoms with Crippen molar-refractivity contribution in [2.24, 2.45) is 0 Å². The van der Waals surface area contributed by atoms with Crippen LogP contribution in [0, 0.1) is 91.0 Å². The first kappa shape index (κ1) is 37.5. The zero-order valence-electron chi connectivity index (χ0n) is 25.8. The summed E-state index contributed by atoms with van der Waals surface area (Å²) in [4.78, 5) is 0. The normalized spacial score (nSPS) is 13.5. The van der Waals surface area contributed by atoms with E-state index in [4.69, 9.17) is 0 Å². The fourth-order valence-electron chi connectivity index (χ4n) is 6.17. The minimum absolute atomic E-state index is 0.0544. The van der Waals surface area contributed by atoms with Gasteiger partial charge < -0.3 is 0 Å². The van der Waals surface area contributed by atoms with Crippen molar-refractivity contribution in [3.05, 3.63) is 115 Å². The van der Waals surface area contributed by atoms with Crippen LogP contribution in [0.25, 0.3) is 33.4 Å². The number of fused-ring (bicyclic) bond motifs is 2. The molecule has 0 heterocycles. The third-order valence-electron chi connectivity index (χ3n) is 8.20. The molecule has 3 aromatic rings. The quantitative estimate of drug-likeness (QED) is 0.186. The van der Waals surface area contributed by atoms with Gasteiger partial charge in [-0.3, -0.25) is 0 Å². The lowest BCUT2D eigenvalue weighted by atomic mass is 9.87. The zero-order valence-corrected chi connectivity index (χ0v) is 25.8. The van der Waals surface area contributed by atoms with Gasteiger partial charge in [0.1, 0.15) is 59.2 Å². The number of nitrogens with zero attached hydrogens (tertiary/aromatic N) is 7. The van der Waals surface area contributed by atoms with E-state index < -0.39 is 130 Å². The molecule has 0 saturated heterocycles. The second-order valence-electron chi connectivity index (χ2n) is 10.9. The Bertz CT molecular complexity index is 2680. The van der Waals surface area contributed by atoms with Crippen LogP contribution in [0.2, 0.25) is 0 Å². The molecule has 0 bridgehead atoms. The third-order valence-corrected chi connectivity index (χ3v) is 8.20. The molecule has 7 nitrogen and oxygen atoms in total. The average Bonchev–Trinajstić information content (AvgIpc) is 3.64. The lowest BCUT2D eigenvalue weighted by molar-refractivity contribution is -0.162. The summed E-state index contributed by atoms with van der Waals surface area (Å²) in [5.41, 5.74) is -21.5. The van der Waals surface area contributed by atoms with Crippen LogP contribution in [0.4, 0.5) is 48.3 Å². The molecule has 0 spiro atoms. The summed E-state index contributed by atoms with van der Waals surface area (Å²) in [7, 11) is 0. The van der Waals surface area contributed by atoms with Gasteiger partial charge >= 0.3 is 18.5 Å². The van der Waals surface area contributed by atoms with Crippen molar-refractivity contribution in [2.45, 2.75) is 18.5 Å². The van der Waals surface area contributed by atoms with Crippen LogP contribution in [0.15, 0.2) is 47.5 Å². The van der Waals surface area contributed by atoms with E-state index in [0.29, 0.717) is 24.3 Å². The van der Waals surface area contributed by atoms with E-state index in [9.17, 15) is 76.3 Å². The maximum atomic E-state index is 17.2. The van der Waals surface area contributed by atoms with Crippen molar-refractivity contribution in [2.75, 3.05) is 0 Å². The number of alkyl halides is 9. The molecule has 0 atom stereocenters. The molecular weight excluding hydrogens is 739 g/mol. The smallest absolute Gasteiger partial charge is 0.206 e. The third kappa shape index (κ3) is 5.55. The van der Waals surface area contributed by atoms with Crippen molar-refractivity contribution in [1.29, 1.82) is 36.8 Å². The Kier molecular flexibility index (Phi) is 8.90. The van der Waals surface area contributed by atoms with Gasteiger partial charge in [0.2, 0.25) is 0 Å². The lowest BCUT2D eigenvalue weighted by Gasteiger charge is -2.18. The van der Waals surface area contributed by atoms with Gasteiger partial charge in [-0.05, 0) is 35.4 Å². The predicted octanol–water partition coefficient (Wildman–Crippen LogP) is 9.39. The van der Waals surface area contributed by atoms with Crippen LogP contribution in [-0.4, -0.2) is 0 Å². The van der Waals surface area contributed by atoms with Gasteiger partial charge in [-0.1, -0.05) is 12.1 Å². The van der Waals surface area contributed by atoms with Crippen LogP contribution in [0.1, 0.15) is 55.6 Å². The molecule has 0 aromatic heterocycles. The number of nitriles is 7. The first-order chi connectivity index (χ1) is 25.3. The Morgan fingerprint density at radius 3 is 1.17 bits per heavy atom. The van der Waals surface area contributed by atoms with Crippen LogP contribution < -0.4 is 0 Å². The minimum Gasteiger partial charge on any atom is -0.206 e. The van der Waals surface area contributed by atoms with Crippen LogP contribution >= 0.6 is 0 Å². The zero-order chi connectivity index (χ0) is 40.2. The fourth-order valence-corrected chi connectivity index (χ4v) is 6.17. The highest BCUT2D eigenvalue weighted by Gasteiger charge is 2.47.